The number of fused-ring (bicyclic) bond motifs is 1. The first-order valence-electron chi connectivity index (χ1n) is 8.51. The van der Waals surface area contributed by atoms with E-state index in [1.807, 2.05) is 27.7 Å². The van der Waals surface area contributed by atoms with Crippen LogP contribution in [-0.2, 0) is 4.74 Å². The van der Waals surface area contributed by atoms with Crippen LogP contribution in [0.1, 0.15) is 44.5 Å². The molecule has 0 spiro atoms. The van der Waals surface area contributed by atoms with Gasteiger partial charge in [0, 0.05) is 30.7 Å². The standard InChI is InChI=1S/C19H25NO5/c1-12(2)23-9-5-8-20-19(22)16-11-18(21)25-17-10-14(24-13(3)4)6-7-15(16)17/h6-7,10-13H,5,8-9H2,1-4H3,(H,20,22). The van der Waals surface area contributed by atoms with Crippen LogP contribution < -0.4 is 15.7 Å². The number of amides is 1. The van der Waals surface area contributed by atoms with Crippen LogP contribution in [0.25, 0.3) is 11.0 Å². The van der Waals surface area contributed by atoms with E-state index < -0.39 is 5.63 Å². The molecule has 2 rings (SSSR count). The van der Waals surface area contributed by atoms with E-state index in [-0.39, 0.29) is 18.1 Å². The predicted octanol–water partition coefficient (Wildman–Crippen LogP) is 3.13. The number of hydrogen-bond donors (Lipinski definition) is 1. The Balaban J connectivity index is 2.14. The summed E-state index contributed by atoms with van der Waals surface area (Å²) < 4.78 is 16.2. The van der Waals surface area contributed by atoms with Gasteiger partial charge in [-0.1, -0.05) is 0 Å². The quantitative estimate of drug-likeness (QED) is 0.586. The second-order valence-corrected chi connectivity index (χ2v) is 6.33. The highest BCUT2D eigenvalue weighted by Crippen LogP contribution is 2.23. The number of benzene rings is 1. The number of hydrogen-bond acceptors (Lipinski definition) is 5. The van der Waals surface area contributed by atoms with Gasteiger partial charge in [-0.3, -0.25) is 4.79 Å². The molecule has 0 aliphatic rings. The molecular weight excluding hydrogens is 322 g/mol. The molecule has 0 atom stereocenters. The Bertz CT molecular complexity index is 779. The third kappa shape index (κ3) is 5.60. The summed E-state index contributed by atoms with van der Waals surface area (Å²) in [7, 11) is 0. The zero-order valence-electron chi connectivity index (χ0n) is 15.1. The summed E-state index contributed by atoms with van der Waals surface area (Å²) in [5, 5.41) is 3.38. The largest absolute Gasteiger partial charge is 0.491 e. The molecule has 6 heteroatoms. The van der Waals surface area contributed by atoms with Crippen LogP contribution in [0.2, 0.25) is 0 Å². The number of carbonyl (C=O) groups excluding carboxylic acids is 1. The molecular formula is C19H25NO5. The van der Waals surface area contributed by atoms with Crippen molar-refractivity contribution in [1.82, 2.24) is 5.32 Å². The maximum absolute atomic E-state index is 12.4. The van der Waals surface area contributed by atoms with E-state index in [1.54, 1.807) is 18.2 Å². The monoisotopic (exact) mass is 347 g/mol. The molecule has 25 heavy (non-hydrogen) atoms. The average molecular weight is 347 g/mol. The summed E-state index contributed by atoms with van der Waals surface area (Å²) in [5.41, 5.74) is 0.0635. The van der Waals surface area contributed by atoms with Crippen molar-refractivity contribution in [2.45, 2.75) is 46.3 Å². The fourth-order valence-electron chi connectivity index (χ4n) is 2.36. The molecule has 0 aliphatic heterocycles. The zero-order chi connectivity index (χ0) is 18.4. The molecule has 0 radical (unpaired) electrons. The molecule has 1 amide bonds. The van der Waals surface area contributed by atoms with Crippen molar-refractivity contribution in [1.29, 1.82) is 0 Å². The second-order valence-electron chi connectivity index (χ2n) is 6.33. The molecule has 0 fully saturated rings. The van der Waals surface area contributed by atoms with Gasteiger partial charge in [0.1, 0.15) is 11.3 Å². The Morgan fingerprint density at radius 1 is 1.16 bits per heavy atom. The number of rotatable bonds is 8. The third-order valence-corrected chi connectivity index (χ3v) is 3.39. The van der Waals surface area contributed by atoms with Gasteiger partial charge >= 0.3 is 5.63 Å². The SMILES string of the molecule is CC(C)OCCCNC(=O)c1cc(=O)oc2cc(OC(C)C)ccc12. The lowest BCUT2D eigenvalue weighted by atomic mass is 10.1. The van der Waals surface area contributed by atoms with Crippen LogP contribution >= 0.6 is 0 Å². The minimum atomic E-state index is -0.567. The third-order valence-electron chi connectivity index (χ3n) is 3.39. The molecule has 0 bridgehead atoms. The van der Waals surface area contributed by atoms with Crippen LogP contribution in [0, 0.1) is 0 Å². The summed E-state index contributed by atoms with van der Waals surface area (Å²) >= 11 is 0. The molecule has 0 unspecified atom stereocenters. The Morgan fingerprint density at radius 3 is 2.60 bits per heavy atom. The Labute approximate surface area is 147 Å². The summed E-state index contributed by atoms with van der Waals surface area (Å²) in [6.07, 6.45) is 0.875. The topological polar surface area (TPSA) is 77.8 Å². The van der Waals surface area contributed by atoms with Gasteiger partial charge in [-0.15, -0.1) is 0 Å². The van der Waals surface area contributed by atoms with Gasteiger partial charge in [0.2, 0.25) is 0 Å². The Morgan fingerprint density at radius 2 is 1.92 bits per heavy atom. The van der Waals surface area contributed by atoms with Gasteiger partial charge in [0.05, 0.1) is 17.8 Å². The highest BCUT2D eigenvalue weighted by Gasteiger charge is 2.14. The number of nitrogens with one attached hydrogen (secondary N) is 1. The normalized spacial score (nSPS) is 11.3. The molecule has 1 aromatic heterocycles. The lowest BCUT2D eigenvalue weighted by Crippen LogP contribution is -2.26. The van der Waals surface area contributed by atoms with Crippen LogP contribution in [0.4, 0.5) is 0 Å². The van der Waals surface area contributed by atoms with Crippen molar-refractivity contribution in [3.05, 3.63) is 40.2 Å². The van der Waals surface area contributed by atoms with Gasteiger partial charge in [-0.2, -0.15) is 0 Å². The number of ether oxygens (including phenoxy) is 2. The molecule has 2 aromatic rings. The summed E-state index contributed by atoms with van der Waals surface area (Å²) in [5.74, 6) is 0.286. The molecule has 1 heterocycles. The summed E-state index contributed by atoms with van der Waals surface area (Å²) in [6, 6.07) is 6.33. The maximum atomic E-state index is 12.4. The smallest absolute Gasteiger partial charge is 0.337 e. The van der Waals surface area contributed by atoms with E-state index in [1.165, 1.54) is 6.07 Å². The maximum Gasteiger partial charge on any atom is 0.337 e. The van der Waals surface area contributed by atoms with Crippen LogP contribution in [0.5, 0.6) is 5.75 Å². The van der Waals surface area contributed by atoms with E-state index in [0.717, 1.165) is 0 Å². The van der Waals surface area contributed by atoms with Crippen molar-refractivity contribution in [3.63, 3.8) is 0 Å². The first-order chi connectivity index (χ1) is 11.9. The lowest BCUT2D eigenvalue weighted by molar-refractivity contribution is 0.0757. The predicted molar refractivity (Wildman–Crippen MR) is 96.3 cm³/mol. The van der Waals surface area contributed by atoms with Crippen molar-refractivity contribution in [2.24, 2.45) is 0 Å². The van der Waals surface area contributed by atoms with Crippen molar-refractivity contribution in [3.8, 4) is 5.75 Å². The fraction of sp³-hybridized carbons (Fsp3) is 0.474. The van der Waals surface area contributed by atoms with Crippen molar-refractivity contribution in [2.75, 3.05) is 13.2 Å². The highest BCUT2D eigenvalue weighted by molar-refractivity contribution is 6.05. The van der Waals surface area contributed by atoms with Gasteiger partial charge in [0.25, 0.3) is 5.91 Å². The summed E-state index contributed by atoms with van der Waals surface area (Å²) in [4.78, 5) is 24.2. The first kappa shape index (κ1) is 19.0. The molecule has 6 nitrogen and oxygen atoms in total. The first-order valence-corrected chi connectivity index (χ1v) is 8.51. The van der Waals surface area contributed by atoms with Gasteiger partial charge in [0.15, 0.2) is 0 Å². The Hall–Kier alpha value is -2.34. The van der Waals surface area contributed by atoms with Crippen molar-refractivity contribution >= 4 is 16.9 Å². The summed E-state index contributed by atoms with van der Waals surface area (Å²) in [6.45, 7) is 8.80. The minimum absolute atomic E-state index is 0.00344. The van der Waals surface area contributed by atoms with Gasteiger partial charge in [-0.05, 0) is 46.2 Å². The molecule has 136 valence electrons. The average Bonchev–Trinajstić information content (AvgIpc) is 2.52. The number of carbonyl (C=O) groups is 1. The molecule has 0 saturated carbocycles. The van der Waals surface area contributed by atoms with Crippen molar-refractivity contribution < 1.29 is 18.7 Å². The minimum Gasteiger partial charge on any atom is -0.491 e. The fourth-order valence-corrected chi connectivity index (χ4v) is 2.36. The van der Waals surface area contributed by atoms with E-state index in [9.17, 15) is 9.59 Å². The lowest BCUT2D eigenvalue weighted by Gasteiger charge is -2.11. The van der Waals surface area contributed by atoms with E-state index in [0.29, 0.717) is 41.9 Å². The second kappa shape index (κ2) is 8.67. The van der Waals surface area contributed by atoms with E-state index >= 15 is 0 Å². The van der Waals surface area contributed by atoms with E-state index in [2.05, 4.69) is 5.32 Å². The van der Waals surface area contributed by atoms with Gasteiger partial charge < -0.3 is 19.2 Å². The van der Waals surface area contributed by atoms with Gasteiger partial charge in [-0.25, -0.2) is 4.79 Å². The highest BCUT2D eigenvalue weighted by atomic mass is 16.5. The van der Waals surface area contributed by atoms with Crippen LogP contribution in [0.15, 0.2) is 33.5 Å². The van der Waals surface area contributed by atoms with Crippen LogP contribution in [0.3, 0.4) is 0 Å². The Kier molecular flexibility index (Phi) is 6.58. The van der Waals surface area contributed by atoms with Crippen LogP contribution in [-0.4, -0.2) is 31.3 Å². The molecule has 1 aromatic carbocycles. The zero-order valence-corrected chi connectivity index (χ0v) is 15.1. The molecule has 0 aliphatic carbocycles. The molecule has 1 N–H and O–H groups in total. The molecule has 0 saturated heterocycles. The van der Waals surface area contributed by atoms with E-state index in [4.69, 9.17) is 13.9 Å².